The Hall–Kier alpha value is -2.21. The zero-order valence-electron chi connectivity index (χ0n) is 13.8. The molecule has 0 radical (unpaired) electrons. The quantitative estimate of drug-likeness (QED) is 0.451. The van der Waals surface area contributed by atoms with Crippen LogP contribution in [0.1, 0.15) is 29.3 Å². The summed E-state index contributed by atoms with van der Waals surface area (Å²) in [5.74, 6) is -1.48. The van der Waals surface area contributed by atoms with Gasteiger partial charge in [-0.15, -0.1) is 0 Å². The number of methoxy groups -OCH3 is 1. The van der Waals surface area contributed by atoms with Crippen molar-refractivity contribution in [1.82, 2.24) is 0 Å². The molecule has 0 amide bonds. The van der Waals surface area contributed by atoms with Gasteiger partial charge in [0.05, 0.1) is 23.8 Å². The van der Waals surface area contributed by atoms with Crippen LogP contribution >= 0.6 is 15.9 Å². The minimum absolute atomic E-state index is 0.493. The molecule has 3 nitrogen and oxygen atoms in total. The number of hydrogen-bond acceptors (Lipinski definition) is 3. The van der Waals surface area contributed by atoms with E-state index in [2.05, 4.69) is 15.9 Å². The first-order valence-corrected chi connectivity index (χ1v) is 8.44. The second-order valence-corrected chi connectivity index (χ2v) is 6.03. The molecule has 0 N–H and O–H groups in total. The average Bonchev–Trinajstić information content (AvgIpc) is 2.58. The molecule has 0 atom stereocenters. The molecule has 0 unspecified atom stereocenters. The molecule has 6 heteroatoms. The van der Waals surface area contributed by atoms with Crippen molar-refractivity contribution in [3.05, 3.63) is 63.6 Å². The molecular formula is C19H17BrF2O3. The van der Waals surface area contributed by atoms with Crippen LogP contribution in [0.2, 0.25) is 0 Å². The maximum atomic E-state index is 13.6. The summed E-state index contributed by atoms with van der Waals surface area (Å²) in [6, 6.07) is 6.71. The third kappa shape index (κ3) is 4.66. The molecule has 0 aliphatic heterocycles. The van der Waals surface area contributed by atoms with Crippen LogP contribution in [-0.2, 0) is 0 Å². The van der Waals surface area contributed by atoms with Crippen molar-refractivity contribution >= 4 is 27.8 Å². The smallest absolute Gasteiger partial charge is 0.191 e. The molecule has 0 saturated carbocycles. The molecule has 0 fully saturated rings. The minimum Gasteiger partial charge on any atom is -0.493 e. The maximum Gasteiger partial charge on any atom is 0.191 e. The van der Waals surface area contributed by atoms with Crippen LogP contribution in [0.4, 0.5) is 8.78 Å². The van der Waals surface area contributed by atoms with Crippen LogP contribution in [-0.4, -0.2) is 19.5 Å². The molecular weight excluding hydrogens is 394 g/mol. The van der Waals surface area contributed by atoms with Gasteiger partial charge in [-0.05, 0) is 58.3 Å². The van der Waals surface area contributed by atoms with Crippen LogP contribution in [0.15, 0.2) is 40.9 Å². The lowest BCUT2D eigenvalue weighted by Gasteiger charge is -2.12. The number of benzene rings is 2. The van der Waals surface area contributed by atoms with E-state index in [0.29, 0.717) is 28.1 Å². The van der Waals surface area contributed by atoms with Gasteiger partial charge < -0.3 is 9.47 Å². The molecule has 2 rings (SSSR count). The number of carbonyl (C=O) groups is 1. The molecule has 0 spiro atoms. The fourth-order valence-corrected chi connectivity index (χ4v) is 2.74. The Labute approximate surface area is 153 Å². The first-order chi connectivity index (χ1) is 12.0. The van der Waals surface area contributed by atoms with Crippen LogP contribution in [0.5, 0.6) is 11.5 Å². The molecule has 0 bridgehead atoms. The molecule has 132 valence electrons. The highest BCUT2D eigenvalue weighted by atomic mass is 79.9. The number of carbonyl (C=O) groups excluding carboxylic acids is 1. The Morgan fingerprint density at radius 2 is 1.92 bits per heavy atom. The number of ether oxygens (including phenoxy) is 2. The monoisotopic (exact) mass is 410 g/mol. The molecule has 0 aromatic heterocycles. The third-order valence-corrected chi connectivity index (χ3v) is 3.93. The number of halogens is 3. The van der Waals surface area contributed by atoms with Gasteiger partial charge in [-0.25, -0.2) is 8.78 Å². The highest BCUT2D eigenvalue weighted by Crippen LogP contribution is 2.37. The summed E-state index contributed by atoms with van der Waals surface area (Å²) in [4.78, 5) is 12.1. The largest absolute Gasteiger partial charge is 0.493 e. The second kappa shape index (κ2) is 8.76. The Morgan fingerprint density at radius 3 is 2.52 bits per heavy atom. The number of ketones is 1. The van der Waals surface area contributed by atoms with Gasteiger partial charge in [-0.1, -0.05) is 19.1 Å². The third-order valence-electron chi connectivity index (χ3n) is 3.34. The topological polar surface area (TPSA) is 35.5 Å². The molecule has 2 aromatic rings. The fourth-order valence-electron chi connectivity index (χ4n) is 2.17. The number of hydrogen-bond donors (Lipinski definition) is 0. The van der Waals surface area contributed by atoms with Gasteiger partial charge in [-0.2, -0.15) is 0 Å². The second-order valence-electron chi connectivity index (χ2n) is 5.18. The predicted molar refractivity (Wildman–Crippen MR) is 96.2 cm³/mol. The first kappa shape index (κ1) is 19.1. The van der Waals surface area contributed by atoms with Crippen molar-refractivity contribution in [2.45, 2.75) is 13.3 Å². The SMILES string of the molecule is CCCOc1c(Br)cc(/C=C/C(=O)c2c(F)cccc2F)cc1OC. The maximum absolute atomic E-state index is 13.6. The van der Waals surface area contributed by atoms with E-state index in [0.717, 1.165) is 24.6 Å². The summed E-state index contributed by atoms with van der Waals surface area (Å²) in [5.41, 5.74) is 0.0466. The van der Waals surface area contributed by atoms with E-state index in [1.807, 2.05) is 6.92 Å². The summed E-state index contributed by atoms with van der Waals surface area (Å²) in [6.07, 6.45) is 3.43. The van der Waals surface area contributed by atoms with Crippen LogP contribution in [0.25, 0.3) is 6.08 Å². The Morgan fingerprint density at radius 1 is 1.24 bits per heavy atom. The molecule has 25 heavy (non-hydrogen) atoms. The standard InChI is InChI=1S/C19H17BrF2O3/c1-3-9-25-19-13(20)10-12(11-17(19)24-2)7-8-16(23)18-14(21)5-4-6-15(18)22/h4-8,10-11H,3,9H2,1-2H3/b8-7+. The van der Waals surface area contributed by atoms with Crippen LogP contribution < -0.4 is 9.47 Å². The lowest BCUT2D eigenvalue weighted by atomic mass is 10.1. The molecule has 0 aliphatic rings. The van der Waals surface area contributed by atoms with Crippen molar-refractivity contribution in [3.63, 3.8) is 0 Å². The molecule has 2 aromatic carbocycles. The van der Waals surface area contributed by atoms with Crippen molar-refractivity contribution in [3.8, 4) is 11.5 Å². The van der Waals surface area contributed by atoms with E-state index in [4.69, 9.17) is 9.47 Å². The van der Waals surface area contributed by atoms with Gasteiger partial charge in [-0.3, -0.25) is 4.79 Å². The Kier molecular flexibility index (Phi) is 6.70. The summed E-state index contributed by atoms with van der Waals surface area (Å²) in [6.45, 7) is 2.53. The lowest BCUT2D eigenvalue weighted by molar-refractivity contribution is 0.104. The van der Waals surface area contributed by atoms with E-state index in [9.17, 15) is 13.6 Å². The Balaban J connectivity index is 2.29. The summed E-state index contributed by atoms with van der Waals surface area (Å²) >= 11 is 3.40. The summed E-state index contributed by atoms with van der Waals surface area (Å²) in [7, 11) is 1.51. The van der Waals surface area contributed by atoms with Crippen LogP contribution in [0, 0.1) is 11.6 Å². The Bertz CT molecular complexity index is 783. The highest BCUT2D eigenvalue weighted by Gasteiger charge is 2.15. The van der Waals surface area contributed by atoms with Gasteiger partial charge in [0.2, 0.25) is 0 Å². The minimum atomic E-state index is -0.892. The van der Waals surface area contributed by atoms with Crippen molar-refractivity contribution in [2.75, 3.05) is 13.7 Å². The van der Waals surface area contributed by atoms with E-state index in [-0.39, 0.29) is 0 Å². The van der Waals surface area contributed by atoms with Gasteiger partial charge in [0.15, 0.2) is 17.3 Å². The number of allylic oxidation sites excluding steroid dienone is 1. The molecule has 0 aliphatic carbocycles. The number of rotatable bonds is 7. The van der Waals surface area contributed by atoms with E-state index >= 15 is 0 Å². The normalized spacial score (nSPS) is 10.9. The fraction of sp³-hybridized carbons (Fsp3) is 0.211. The van der Waals surface area contributed by atoms with Crippen molar-refractivity contribution in [1.29, 1.82) is 0 Å². The summed E-state index contributed by atoms with van der Waals surface area (Å²) in [5, 5.41) is 0. The molecule has 0 heterocycles. The lowest BCUT2D eigenvalue weighted by Crippen LogP contribution is -2.02. The van der Waals surface area contributed by atoms with E-state index in [1.165, 1.54) is 19.3 Å². The van der Waals surface area contributed by atoms with Gasteiger partial charge in [0.1, 0.15) is 11.6 Å². The van der Waals surface area contributed by atoms with Crippen molar-refractivity contribution in [2.24, 2.45) is 0 Å². The van der Waals surface area contributed by atoms with E-state index < -0.39 is 23.0 Å². The van der Waals surface area contributed by atoms with Crippen molar-refractivity contribution < 1.29 is 23.0 Å². The average molecular weight is 411 g/mol. The zero-order chi connectivity index (χ0) is 18.4. The van der Waals surface area contributed by atoms with E-state index in [1.54, 1.807) is 12.1 Å². The van der Waals surface area contributed by atoms with Gasteiger partial charge in [0, 0.05) is 0 Å². The predicted octanol–water partition coefficient (Wildman–Crippen LogP) is 5.42. The summed E-state index contributed by atoms with van der Waals surface area (Å²) < 4.78 is 38.9. The highest BCUT2D eigenvalue weighted by molar-refractivity contribution is 9.10. The zero-order valence-corrected chi connectivity index (χ0v) is 15.4. The van der Waals surface area contributed by atoms with Gasteiger partial charge in [0.25, 0.3) is 0 Å². The first-order valence-electron chi connectivity index (χ1n) is 7.64. The van der Waals surface area contributed by atoms with Crippen LogP contribution in [0.3, 0.4) is 0 Å². The molecule has 0 saturated heterocycles. The van der Waals surface area contributed by atoms with Gasteiger partial charge >= 0.3 is 0 Å².